The summed E-state index contributed by atoms with van der Waals surface area (Å²) < 4.78 is 166. The van der Waals surface area contributed by atoms with Crippen LogP contribution in [0.2, 0.25) is 0 Å². The fraction of sp³-hybridized carbons (Fsp3) is 0.562. The molecule has 0 fully saturated rings. The van der Waals surface area contributed by atoms with Crippen molar-refractivity contribution in [1.82, 2.24) is 0 Å². The Morgan fingerprint density at radius 2 is 1.42 bits per heavy atom. The molecule has 1 aliphatic carbocycles. The van der Waals surface area contributed by atoms with Gasteiger partial charge >= 0.3 is 36.0 Å². The number of nitrogens with zero attached hydrogens (tertiary/aromatic N) is 1. The predicted molar refractivity (Wildman–Crippen MR) is 82.1 cm³/mol. The molecule has 15 heteroatoms. The van der Waals surface area contributed by atoms with Crippen LogP contribution in [0.3, 0.4) is 0 Å². The first-order valence-corrected chi connectivity index (χ1v) is 7.84. The van der Waals surface area contributed by atoms with E-state index in [1.165, 1.54) is 0 Å². The Morgan fingerprint density at radius 3 is 1.87 bits per heavy atom. The molecule has 178 valence electrons. The van der Waals surface area contributed by atoms with Crippen molar-refractivity contribution in [1.29, 1.82) is 0 Å². The number of alkyl halides is 12. The van der Waals surface area contributed by atoms with Crippen molar-refractivity contribution in [2.75, 3.05) is 14.2 Å². The molecule has 0 N–H and O–H groups in total. The van der Waals surface area contributed by atoms with Gasteiger partial charge in [-0.1, -0.05) is 17.3 Å². The van der Waals surface area contributed by atoms with E-state index < -0.39 is 47.3 Å². The quantitative estimate of drug-likeness (QED) is 0.236. The third-order valence-electron chi connectivity index (χ3n) is 3.96. The minimum atomic E-state index is -7.67. The first kappa shape index (κ1) is 26.7. The lowest BCUT2D eigenvalue weighted by Crippen LogP contribution is -2.70. The maximum absolute atomic E-state index is 14.4. The Labute approximate surface area is 166 Å². The zero-order valence-corrected chi connectivity index (χ0v) is 15.4. The normalized spacial score (nSPS) is 17.3. The van der Waals surface area contributed by atoms with Crippen molar-refractivity contribution in [3.63, 3.8) is 0 Å². The van der Waals surface area contributed by atoms with E-state index in [4.69, 9.17) is 4.74 Å². The highest BCUT2D eigenvalue weighted by molar-refractivity contribution is 6.08. The fourth-order valence-corrected chi connectivity index (χ4v) is 2.19. The maximum atomic E-state index is 14.4. The van der Waals surface area contributed by atoms with Crippen LogP contribution < -0.4 is 0 Å². The Balaban J connectivity index is 3.65. The molecule has 0 aliphatic heterocycles. The van der Waals surface area contributed by atoms with Gasteiger partial charge in [-0.25, -0.2) is 8.78 Å². The molecule has 0 amide bonds. The summed E-state index contributed by atoms with van der Waals surface area (Å²) in [5.41, 5.74) is -3.43. The second-order valence-corrected chi connectivity index (χ2v) is 5.91. The highest BCUT2D eigenvalue weighted by Crippen LogP contribution is 2.58. The Bertz CT molecular complexity index is 783. The number of hydrogen-bond donors (Lipinski definition) is 0. The monoisotopic (exact) mass is 479 g/mol. The van der Waals surface area contributed by atoms with Crippen LogP contribution in [-0.4, -0.2) is 56.0 Å². The highest BCUT2D eigenvalue weighted by atomic mass is 19.4. The predicted octanol–water partition coefficient (Wildman–Crippen LogP) is 5.85. The molecule has 0 radical (unpaired) electrons. The van der Waals surface area contributed by atoms with E-state index in [2.05, 4.69) is 9.99 Å². The summed E-state index contributed by atoms with van der Waals surface area (Å²) in [5, 5.41) is 2.45. The molecule has 0 spiro atoms. The average Bonchev–Trinajstić information content (AvgIpc) is 2.90. The number of rotatable bonds is 9. The Hall–Kier alpha value is -2.35. The van der Waals surface area contributed by atoms with Gasteiger partial charge in [-0.2, -0.15) is 43.9 Å². The molecular formula is C16H13F12NO2. The molecule has 0 heterocycles. The van der Waals surface area contributed by atoms with Crippen LogP contribution in [0.15, 0.2) is 40.8 Å². The standard InChI is InChI=1S/C16H13F12NO2/c1-30-9-5-3-4-8(6-7-9)10(29-31-2)12(19,20)14(23,24)16(27,28)15(25,26)13(21,22)11(17)18/h3-4,6-7,11H,5H2,1-2H3. The van der Waals surface area contributed by atoms with Crippen LogP contribution in [-0.2, 0) is 9.57 Å². The number of hydrogen-bond acceptors (Lipinski definition) is 3. The van der Waals surface area contributed by atoms with Crippen molar-refractivity contribution in [2.45, 2.75) is 42.5 Å². The van der Waals surface area contributed by atoms with E-state index in [-0.39, 0.29) is 12.2 Å². The molecule has 0 aromatic carbocycles. The van der Waals surface area contributed by atoms with Gasteiger partial charge in [-0.15, -0.1) is 0 Å². The number of methoxy groups -OCH3 is 1. The van der Waals surface area contributed by atoms with E-state index >= 15 is 0 Å². The summed E-state index contributed by atoms with van der Waals surface area (Å²) in [4.78, 5) is 3.88. The first-order chi connectivity index (χ1) is 13.9. The molecule has 0 saturated heterocycles. The van der Waals surface area contributed by atoms with Crippen molar-refractivity contribution in [3.8, 4) is 0 Å². The summed E-state index contributed by atoms with van der Waals surface area (Å²) in [5.74, 6) is -36.0. The maximum Gasteiger partial charge on any atom is 0.385 e. The van der Waals surface area contributed by atoms with E-state index in [9.17, 15) is 52.7 Å². The molecule has 0 atom stereocenters. The third kappa shape index (κ3) is 4.22. The van der Waals surface area contributed by atoms with Gasteiger partial charge in [0.1, 0.15) is 7.11 Å². The van der Waals surface area contributed by atoms with Gasteiger partial charge < -0.3 is 9.57 Å². The molecule has 0 unspecified atom stereocenters. The second-order valence-electron chi connectivity index (χ2n) is 5.91. The molecule has 1 rings (SSSR count). The summed E-state index contributed by atoms with van der Waals surface area (Å²) in [6.07, 6.45) is -2.54. The molecule has 0 aromatic rings. The molecule has 1 aliphatic rings. The van der Waals surface area contributed by atoms with E-state index in [0.29, 0.717) is 19.3 Å². The minimum absolute atomic E-state index is 0.0616. The Kier molecular flexibility index (Phi) is 7.45. The largest absolute Gasteiger partial charge is 0.501 e. The van der Waals surface area contributed by atoms with Crippen LogP contribution in [0.1, 0.15) is 6.42 Å². The van der Waals surface area contributed by atoms with Gasteiger partial charge in [0.05, 0.1) is 12.9 Å². The van der Waals surface area contributed by atoms with E-state index in [1.807, 2.05) is 0 Å². The molecular weight excluding hydrogens is 466 g/mol. The third-order valence-corrected chi connectivity index (χ3v) is 3.96. The summed E-state index contributed by atoms with van der Waals surface area (Å²) in [6.45, 7) is 0. The number of oxime groups is 1. The van der Waals surface area contributed by atoms with Gasteiger partial charge in [-0.05, 0) is 12.2 Å². The summed E-state index contributed by atoms with van der Waals surface area (Å²) >= 11 is 0. The molecule has 0 saturated carbocycles. The van der Waals surface area contributed by atoms with Crippen molar-refractivity contribution >= 4 is 5.71 Å². The second kappa shape index (κ2) is 8.65. The zero-order valence-electron chi connectivity index (χ0n) is 15.4. The van der Waals surface area contributed by atoms with Crippen LogP contribution in [0.5, 0.6) is 0 Å². The van der Waals surface area contributed by atoms with Crippen LogP contribution in [0.4, 0.5) is 52.7 Å². The number of ether oxygens (including phenoxy) is 1. The molecule has 31 heavy (non-hydrogen) atoms. The summed E-state index contributed by atoms with van der Waals surface area (Å²) in [7, 11) is 1.64. The van der Waals surface area contributed by atoms with Gasteiger partial charge in [0, 0.05) is 12.0 Å². The topological polar surface area (TPSA) is 30.8 Å². The van der Waals surface area contributed by atoms with Gasteiger partial charge in [-0.3, -0.25) is 0 Å². The highest BCUT2D eigenvalue weighted by Gasteiger charge is 2.88. The molecule has 3 nitrogen and oxygen atoms in total. The van der Waals surface area contributed by atoms with Crippen molar-refractivity contribution in [3.05, 3.63) is 35.6 Å². The van der Waals surface area contributed by atoms with Crippen molar-refractivity contribution in [2.24, 2.45) is 5.16 Å². The number of allylic oxidation sites excluding steroid dienone is 5. The lowest BCUT2D eigenvalue weighted by Gasteiger charge is -2.39. The van der Waals surface area contributed by atoms with Gasteiger partial charge in [0.2, 0.25) is 0 Å². The smallest absolute Gasteiger partial charge is 0.385 e. The SMILES string of the molecule is CON=C(C1=CC=C(OC)CC=C1)C(F)(F)C(F)(F)C(F)(F)C(F)(F)C(F)(F)C(F)F. The Morgan fingerprint density at radius 1 is 0.871 bits per heavy atom. The van der Waals surface area contributed by atoms with E-state index in [0.717, 1.165) is 19.3 Å². The average molecular weight is 479 g/mol. The minimum Gasteiger partial charge on any atom is -0.501 e. The van der Waals surface area contributed by atoms with Crippen LogP contribution in [0, 0.1) is 0 Å². The summed E-state index contributed by atoms with van der Waals surface area (Å²) in [6, 6.07) is 0. The lowest BCUT2D eigenvalue weighted by molar-refractivity contribution is -0.404. The van der Waals surface area contributed by atoms with Gasteiger partial charge in [0.15, 0.2) is 5.71 Å². The molecule has 0 bridgehead atoms. The zero-order chi connectivity index (χ0) is 24.5. The number of halogens is 12. The first-order valence-electron chi connectivity index (χ1n) is 7.84. The van der Waals surface area contributed by atoms with E-state index in [1.54, 1.807) is 0 Å². The van der Waals surface area contributed by atoms with Crippen molar-refractivity contribution < 1.29 is 62.3 Å². The molecule has 0 aromatic heterocycles. The fourth-order valence-electron chi connectivity index (χ4n) is 2.19. The lowest BCUT2D eigenvalue weighted by atomic mass is 9.89. The van der Waals surface area contributed by atoms with Crippen LogP contribution >= 0.6 is 0 Å². The van der Waals surface area contributed by atoms with Gasteiger partial charge in [0.25, 0.3) is 0 Å². The van der Waals surface area contributed by atoms with Crippen LogP contribution in [0.25, 0.3) is 0 Å².